The average Bonchev–Trinajstić information content (AvgIpc) is 2.58. The van der Waals surface area contributed by atoms with E-state index in [1.54, 1.807) is 6.92 Å². The van der Waals surface area contributed by atoms with Crippen LogP contribution in [0, 0.1) is 6.92 Å². The Morgan fingerprint density at radius 2 is 1.60 bits per heavy atom. The first-order valence-corrected chi connectivity index (χ1v) is 9.09. The van der Waals surface area contributed by atoms with Crippen molar-refractivity contribution in [1.82, 2.24) is 0 Å². The first kappa shape index (κ1) is 25.6. The van der Waals surface area contributed by atoms with Crippen molar-refractivity contribution in [3.63, 3.8) is 0 Å². The van der Waals surface area contributed by atoms with Crippen LogP contribution >= 0.6 is 0 Å². The summed E-state index contributed by atoms with van der Waals surface area (Å²) in [5.74, 6) is -11.6. The molecule has 0 amide bonds. The van der Waals surface area contributed by atoms with Crippen molar-refractivity contribution in [2.75, 3.05) is 6.61 Å². The number of hydrogen-bond donors (Lipinski definition) is 1. The molecule has 1 aromatic rings. The van der Waals surface area contributed by atoms with E-state index < -0.39 is 57.9 Å². The summed E-state index contributed by atoms with van der Waals surface area (Å²) in [6.07, 6.45) is -7.25. The third-order valence-electron chi connectivity index (χ3n) is 3.50. The van der Waals surface area contributed by atoms with E-state index in [9.17, 15) is 44.3 Å². The Balaban J connectivity index is 3.45. The lowest BCUT2D eigenvalue weighted by molar-refractivity contribution is -0.352. The molecule has 0 bridgehead atoms. The highest BCUT2D eigenvalue weighted by Gasteiger charge is 2.67. The molecule has 0 aliphatic carbocycles. The molecule has 0 spiro atoms. The summed E-state index contributed by atoms with van der Waals surface area (Å²) in [7, 11) is -6.27. The van der Waals surface area contributed by atoms with Crippen molar-refractivity contribution in [2.45, 2.75) is 30.6 Å². The number of esters is 1. The molecule has 0 aromatic heterocycles. The zero-order valence-electron chi connectivity index (χ0n) is 15.0. The summed E-state index contributed by atoms with van der Waals surface area (Å²) in [6, 6.07) is 5.16. The fraction of sp³-hybridized carbons (Fsp3) is 0.375. The Kier molecular flexibility index (Phi) is 7.45. The van der Waals surface area contributed by atoms with E-state index in [1.807, 2.05) is 0 Å². The predicted octanol–water partition coefficient (Wildman–Crippen LogP) is 2.89. The maximum absolute atomic E-state index is 13.7. The predicted molar refractivity (Wildman–Crippen MR) is 87.5 cm³/mol. The summed E-state index contributed by atoms with van der Waals surface area (Å²) < 4.78 is 118. The Labute approximate surface area is 166 Å². The lowest BCUT2D eigenvalue weighted by Gasteiger charge is -2.33. The van der Waals surface area contributed by atoms with Crippen molar-refractivity contribution in [3.05, 3.63) is 47.8 Å². The minimum Gasteiger partial charge on any atom is -0.411 e. The fourth-order valence-electron chi connectivity index (χ4n) is 1.92. The highest BCUT2D eigenvalue weighted by atomic mass is 32.2. The summed E-state index contributed by atoms with van der Waals surface area (Å²) in [5, 5.41) is -5.33. The van der Waals surface area contributed by atoms with Gasteiger partial charge in [-0.05, 0) is 12.5 Å². The maximum atomic E-state index is 13.7. The topological polar surface area (TPSA) is 107 Å². The van der Waals surface area contributed by atoms with E-state index in [4.69, 9.17) is 4.55 Å². The van der Waals surface area contributed by atoms with Crippen LogP contribution in [-0.2, 0) is 35.6 Å². The van der Waals surface area contributed by atoms with Crippen LogP contribution in [0.4, 0.5) is 26.3 Å². The third-order valence-corrected chi connectivity index (χ3v) is 4.38. The van der Waals surface area contributed by atoms with Gasteiger partial charge in [0.15, 0.2) is 0 Å². The van der Waals surface area contributed by atoms with Crippen molar-refractivity contribution >= 4 is 21.9 Å². The molecule has 0 radical (unpaired) electrons. The van der Waals surface area contributed by atoms with E-state index in [-0.39, 0.29) is 5.56 Å². The van der Waals surface area contributed by atoms with Crippen LogP contribution in [0.2, 0.25) is 0 Å². The Bertz CT molecular complexity index is 924. The van der Waals surface area contributed by atoms with Crippen LogP contribution in [0.15, 0.2) is 36.7 Å². The van der Waals surface area contributed by atoms with E-state index in [0.29, 0.717) is 5.56 Å². The summed E-state index contributed by atoms with van der Waals surface area (Å²) in [6.45, 7) is 1.22. The lowest BCUT2D eigenvalue weighted by Crippen LogP contribution is -2.59. The minimum atomic E-state index is -6.27. The van der Waals surface area contributed by atoms with Gasteiger partial charge in [0.1, 0.15) is 6.61 Å². The van der Waals surface area contributed by atoms with E-state index in [0.717, 1.165) is 0 Å². The van der Waals surface area contributed by atoms with Crippen molar-refractivity contribution < 1.29 is 58.4 Å². The Hall–Kier alpha value is -2.45. The van der Waals surface area contributed by atoms with Crippen molar-refractivity contribution in [3.8, 4) is 0 Å². The van der Waals surface area contributed by atoms with Crippen LogP contribution < -0.4 is 0 Å². The van der Waals surface area contributed by atoms with Gasteiger partial charge in [-0.25, -0.2) is 4.79 Å². The number of Topliss-reactive ketones (excluding diaryl/α,β-unsaturated/α-hetero) is 1. The molecule has 1 atom stereocenters. The van der Waals surface area contributed by atoms with E-state index >= 15 is 0 Å². The van der Waals surface area contributed by atoms with Crippen molar-refractivity contribution in [1.29, 1.82) is 0 Å². The quantitative estimate of drug-likeness (QED) is 0.197. The number of alkyl halides is 5. The highest BCUT2D eigenvalue weighted by Crippen LogP contribution is 2.39. The second kappa shape index (κ2) is 8.73. The monoisotopic (exact) mass is 464 g/mol. The molecule has 1 rings (SSSR count). The first-order chi connectivity index (χ1) is 13.4. The number of ketones is 1. The minimum absolute atomic E-state index is 0.0977. The number of aryl methyl sites for hydroxylation is 1. The molecule has 1 aromatic carbocycles. The second-order valence-corrected chi connectivity index (χ2v) is 7.44. The number of hydrogen-bond acceptors (Lipinski definition) is 6. The van der Waals surface area contributed by atoms with Gasteiger partial charge >= 0.3 is 33.3 Å². The normalized spacial score (nSPS) is 14.7. The lowest BCUT2D eigenvalue weighted by atomic mass is 10.0. The van der Waals surface area contributed by atoms with Gasteiger partial charge < -0.3 is 9.47 Å². The number of carbonyl (C=O) groups is 2. The molecule has 0 aliphatic heterocycles. The SMILES string of the molecule is C=C(F)C(=O)OC(OCC(F)(F)S(=O)(=O)O)(C(=O)Cc1ccc(C)cc1)C(F)(F)F. The molecule has 0 saturated heterocycles. The second-order valence-electron chi connectivity index (χ2n) is 5.90. The van der Waals surface area contributed by atoms with Crippen LogP contribution in [0.3, 0.4) is 0 Å². The molecule has 0 fully saturated rings. The molecule has 0 saturated carbocycles. The van der Waals surface area contributed by atoms with Crippen LogP contribution in [-0.4, -0.2) is 48.5 Å². The van der Waals surface area contributed by atoms with Gasteiger partial charge in [-0.3, -0.25) is 9.35 Å². The van der Waals surface area contributed by atoms with Gasteiger partial charge in [0, 0.05) is 6.42 Å². The van der Waals surface area contributed by atoms with Gasteiger partial charge in [0.05, 0.1) is 0 Å². The Morgan fingerprint density at radius 3 is 2.00 bits per heavy atom. The number of rotatable bonds is 9. The molecule has 14 heteroatoms. The molecule has 168 valence electrons. The van der Waals surface area contributed by atoms with Crippen LogP contribution in [0.1, 0.15) is 11.1 Å². The summed E-state index contributed by atoms with van der Waals surface area (Å²) >= 11 is 0. The number of ether oxygens (including phenoxy) is 2. The molecule has 0 heterocycles. The zero-order valence-corrected chi connectivity index (χ0v) is 15.8. The molecule has 0 aliphatic rings. The van der Waals surface area contributed by atoms with E-state index in [2.05, 4.69) is 16.1 Å². The zero-order chi connectivity index (χ0) is 23.5. The molecule has 30 heavy (non-hydrogen) atoms. The third kappa shape index (κ3) is 5.79. The van der Waals surface area contributed by atoms with Gasteiger partial charge in [0.2, 0.25) is 11.6 Å². The molecule has 1 N–H and O–H groups in total. The highest BCUT2D eigenvalue weighted by molar-refractivity contribution is 7.86. The van der Waals surface area contributed by atoms with Crippen LogP contribution in [0.5, 0.6) is 0 Å². The number of halogens is 6. The van der Waals surface area contributed by atoms with Crippen LogP contribution in [0.25, 0.3) is 0 Å². The first-order valence-electron chi connectivity index (χ1n) is 7.65. The van der Waals surface area contributed by atoms with Gasteiger partial charge in [-0.1, -0.05) is 36.4 Å². The van der Waals surface area contributed by atoms with Crippen molar-refractivity contribution in [2.24, 2.45) is 0 Å². The van der Waals surface area contributed by atoms with E-state index in [1.165, 1.54) is 24.3 Å². The number of benzene rings is 1. The number of carbonyl (C=O) groups excluding carboxylic acids is 2. The standard InChI is InChI=1S/C16H14F6O7S/c1-9-3-5-11(6-4-9)7-12(23)15(16(20,21)22,29-13(24)10(2)17)28-8-14(18,19)30(25,26)27/h3-6H,2,7-8H2,1H3,(H,25,26,27). The molecule has 7 nitrogen and oxygen atoms in total. The average molecular weight is 464 g/mol. The van der Waals surface area contributed by atoms with Gasteiger partial charge in [-0.15, -0.1) is 0 Å². The van der Waals surface area contributed by atoms with Gasteiger partial charge in [0.25, 0.3) is 0 Å². The maximum Gasteiger partial charge on any atom is 0.464 e. The molecular weight excluding hydrogens is 450 g/mol. The van der Waals surface area contributed by atoms with Gasteiger partial charge in [-0.2, -0.15) is 34.8 Å². The molecular formula is C16H14F6O7S. The Morgan fingerprint density at radius 1 is 1.10 bits per heavy atom. The smallest absolute Gasteiger partial charge is 0.411 e. The summed E-state index contributed by atoms with van der Waals surface area (Å²) in [5.41, 5.74) is 0.553. The largest absolute Gasteiger partial charge is 0.464 e. The summed E-state index contributed by atoms with van der Waals surface area (Å²) in [4.78, 5) is 23.7. The fourth-order valence-corrected chi connectivity index (χ4v) is 2.13. The molecule has 1 unspecified atom stereocenters.